The van der Waals surface area contributed by atoms with E-state index >= 15 is 0 Å². The van der Waals surface area contributed by atoms with Gasteiger partial charge in [0.1, 0.15) is 0 Å². The average molecular weight is 149 g/mol. The Morgan fingerprint density at radius 3 is 3.09 bits per heavy atom. The van der Waals surface area contributed by atoms with Crippen LogP contribution in [0.25, 0.3) is 0 Å². The molecule has 0 unspecified atom stereocenters. The summed E-state index contributed by atoms with van der Waals surface area (Å²) in [6.07, 6.45) is 10.6. The van der Waals surface area contributed by atoms with Crippen molar-refractivity contribution in [3.63, 3.8) is 0 Å². The molecule has 2 aliphatic rings. The van der Waals surface area contributed by atoms with Crippen LogP contribution in [0.5, 0.6) is 0 Å². The zero-order valence-electron chi connectivity index (χ0n) is 7.01. The van der Waals surface area contributed by atoms with Gasteiger partial charge in [0.2, 0.25) is 0 Å². The van der Waals surface area contributed by atoms with E-state index in [1.54, 1.807) is 5.57 Å². The van der Waals surface area contributed by atoms with E-state index in [9.17, 15) is 0 Å². The predicted molar refractivity (Wildman–Crippen MR) is 47.5 cm³/mol. The minimum absolute atomic E-state index is 0.618. The molecule has 0 amide bonds. The van der Waals surface area contributed by atoms with E-state index in [0.717, 1.165) is 0 Å². The van der Waals surface area contributed by atoms with Gasteiger partial charge in [-0.1, -0.05) is 23.8 Å². The van der Waals surface area contributed by atoms with Crippen LogP contribution >= 0.6 is 0 Å². The SMILES string of the molecule is CC1=C[C@H]2CC=CC[C@@H](C1)N2. The monoisotopic (exact) mass is 149 g/mol. The van der Waals surface area contributed by atoms with E-state index in [1.807, 2.05) is 0 Å². The van der Waals surface area contributed by atoms with Gasteiger partial charge in [-0.05, 0) is 26.2 Å². The summed E-state index contributed by atoms with van der Waals surface area (Å²) >= 11 is 0. The third-order valence-corrected chi connectivity index (χ3v) is 2.48. The molecule has 0 saturated heterocycles. The average Bonchev–Trinajstić information content (AvgIpc) is 2.11. The Morgan fingerprint density at radius 1 is 1.36 bits per heavy atom. The van der Waals surface area contributed by atoms with Gasteiger partial charge in [0, 0.05) is 12.1 Å². The van der Waals surface area contributed by atoms with E-state index in [4.69, 9.17) is 0 Å². The number of rotatable bonds is 0. The van der Waals surface area contributed by atoms with Crippen molar-refractivity contribution in [2.75, 3.05) is 0 Å². The molecule has 60 valence electrons. The van der Waals surface area contributed by atoms with Crippen LogP contribution in [0, 0.1) is 0 Å². The molecule has 1 nitrogen and oxygen atoms in total. The Balaban J connectivity index is 2.17. The molecule has 0 aliphatic carbocycles. The minimum Gasteiger partial charge on any atom is -0.307 e. The fraction of sp³-hybridized carbons (Fsp3) is 0.600. The third kappa shape index (κ3) is 1.54. The Morgan fingerprint density at radius 2 is 2.18 bits per heavy atom. The topological polar surface area (TPSA) is 12.0 Å². The Kier molecular flexibility index (Phi) is 1.82. The third-order valence-electron chi connectivity index (χ3n) is 2.48. The molecule has 0 radical (unpaired) electrons. The Bertz CT molecular complexity index is 203. The Hall–Kier alpha value is -0.560. The summed E-state index contributed by atoms with van der Waals surface area (Å²) in [5.41, 5.74) is 1.56. The molecular formula is C10H15N. The number of nitrogens with one attached hydrogen (secondary N) is 1. The Labute approximate surface area is 68.2 Å². The maximum absolute atomic E-state index is 3.61. The molecule has 0 spiro atoms. The summed E-state index contributed by atoms with van der Waals surface area (Å²) in [5.74, 6) is 0. The molecule has 2 bridgehead atoms. The van der Waals surface area contributed by atoms with Gasteiger partial charge < -0.3 is 5.32 Å². The van der Waals surface area contributed by atoms with Crippen molar-refractivity contribution in [3.8, 4) is 0 Å². The van der Waals surface area contributed by atoms with Crippen LogP contribution < -0.4 is 5.32 Å². The van der Waals surface area contributed by atoms with Crippen molar-refractivity contribution in [3.05, 3.63) is 23.8 Å². The largest absolute Gasteiger partial charge is 0.307 e. The lowest BCUT2D eigenvalue weighted by Crippen LogP contribution is -2.39. The summed E-state index contributed by atoms with van der Waals surface area (Å²) in [6, 6.07) is 1.33. The highest BCUT2D eigenvalue weighted by molar-refractivity contribution is 5.15. The molecule has 1 heteroatoms. The van der Waals surface area contributed by atoms with Crippen molar-refractivity contribution in [2.24, 2.45) is 0 Å². The van der Waals surface area contributed by atoms with E-state index in [-0.39, 0.29) is 0 Å². The van der Waals surface area contributed by atoms with Gasteiger partial charge >= 0.3 is 0 Å². The van der Waals surface area contributed by atoms with Crippen molar-refractivity contribution in [1.29, 1.82) is 0 Å². The van der Waals surface area contributed by atoms with E-state index in [0.29, 0.717) is 12.1 Å². The molecule has 2 heterocycles. The lowest BCUT2D eigenvalue weighted by atomic mass is 9.98. The predicted octanol–water partition coefficient (Wildman–Crippen LogP) is 2.01. The van der Waals surface area contributed by atoms with Crippen molar-refractivity contribution >= 4 is 0 Å². The number of fused-ring (bicyclic) bond motifs is 2. The fourth-order valence-electron chi connectivity index (χ4n) is 2.00. The van der Waals surface area contributed by atoms with E-state index in [2.05, 4.69) is 30.5 Å². The number of hydrogen-bond donors (Lipinski definition) is 1. The molecule has 2 rings (SSSR count). The van der Waals surface area contributed by atoms with Gasteiger partial charge in [0.25, 0.3) is 0 Å². The molecule has 1 N–H and O–H groups in total. The summed E-state index contributed by atoms with van der Waals surface area (Å²) in [7, 11) is 0. The van der Waals surface area contributed by atoms with Crippen LogP contribution in [0.3, 0.4) is 0 Å². The van der Waals surface area contributed by atoms with E-state index in [1.165, 1.54) is 19.3 Å². The molecule has 0 saturated carbocycles. The first-order chi connectivity index (χ1) is 5.34. The summed E-state index contributed by atoms with van der Waals surface area (Å²) in [5, 5.41) is 3.61. The van der Waals surface area contributed by atoms with Gasteiger partial charge in [-0.15, -0.1) is 0 Å². The highest BCUT2D eigenvalue weighted by Crippen LogP contribution is 2.20. The van der Waals surface area contributed by atoms with Crippen molar-refractivity contribution in [2.45, 2.75) is 38.3 Å². The highest BCUT2D eigenvalue weighted by atomic mass is 15.0. The quantitative estimate of drug-likeness (QED) is 0.519. The second kappa shape index (κ2) is 2.82. The summed E-state index contributed by atoms with van der Waals surface area (Å²) in [4.78, 5) is 0. The maximum Gasteiger partial charge on any atom is 0.0289 e. The van der Waals surface area contributed by atoms with Crippen LogP contribution in [0.4, 0.5) is 0 Å². The first kappa shape index (κ1) is 7.11. The van der Waals surface area contributed by atoms with Gasteiger partial charge in [-0.3, -0.25) is 0 Å². The highest BCUT2D eigenvalue weighted by Gasteiger charge is 2.19. The van der Waals surface area contributed by atoms with Crippen LogP contribution in [0.15, 0.2) is 23.8 Å². The minimum atomic E-state index is 0.618. The molecule has 0 aromatic rings. The first-order valence-corrected chi connectivity index (χ1v) is 4.43. The molecule has 2 aliphatic heterocycles. The molecule has 11 heavy (non-hydrogen) atoms. The zero-order chi connectivity index (χ0) is 7.68. The van der Waals surface area contributed by atoms with Gasteiger partial charge in [0.15, 0.2) is 0 Å². The van der Waals surface area contributed by atoms with Crippen LogP contribution in [0.1, 0.15) is 26.2 Å². The first-order valence-electron chi connectivity index (χ1n) is 4.43. The smallest absolute Gasteiger partial charge is 0.0289 e. The molecule has 0 aromatic heterocycles. The normalized spacial score (nSPS) is 36.3. The van der Waals surface area contributed by atoms with Crippen LogP contribution in [0.2, 0.25) is 0 Å². The lowest BCUT2D eigenvalue weighted by Gasteiger charge is -2.26. The zero-order valence-corrected chi connectivity index (χ0v) is 7.01. The second-order valence-corrected chi connectivity index (χ2v) is 3.63. The maximum atomic E-state index is 3.61. The van der Waals surface area contributed by atoms with Crippen LogP contribution in [-0.4, -0.2) is 12.1 Å². The molecular weight excluding hydrogens is 134 g/mol. The van der Waals surface area contributed by atoms with Gasteiger partial charge in [-0.25, -0.2) is 0 Å². The van der Waals surface area contributed by atoms with Gasteiger partial charge in [0.05, 0.1) is 0 Å². The number of hydrogen-bond acceptors (Lipinski definition) is 1. The molecule has 0 fully saturated rings. The van der Waals surface area contributed by atoms with Crippen LogP contribution in [-0.2, 0) is 0 Å². The molecule has 2 atom stereocenters. The lowest BCUT2D eigenvalue weighted by molar-refractivity contribution is 0.454. The summed E-state index contributed by atoms with van der Waals surface area (Å²) < 4.78 is 0. The van der Waals surface area contributed by atoms with Crippen molar-refractivity contribution < 1.29 is 0 Å². The molecule has 0 aromatic carbocycles. The van der Waals surface area contributed by atoms with Gasteiger partial charge in [-0.2, -0.15) is 0 Å². The van der Waals surface area contributed by atoms with E-state index < -0.39 is 0 Å². The van der Waals surface area contributed by atoms with Crippen molar-refractivity contribution in [1.82, 2.24) is 5.32 Å². The standard InChI is InChI=1S/C10H15N/c1-8-6-9-4-2-3-5-10(7-8)11-9/h2-3,6,9-11H,4-5,7H2,1H3/t9-,10+/m1/s1. The summed E-state index contributed by atoms with van der Waals surface area (Å²) in [6.45, 7) is 2.24. The second-order valence-electron chi connectivity index (χ2n) is 3.63. The fourth-order valence-corrected chi connectivity index (χ4v) is 2.00.